The average molecular weight is 595 g/mol. The first-order chi connectivity index (χ1) is 19.8. The van der Waals surface area contributed by atoms with Gasteiger partial charge in [-0.1, -0.05) is 29.3 Å². The Morgan fingerprint density at radius 1 is 0.951 bits per heavy atom. The van der Waals surface area contributed by atoms with Gasteiger partial charge in [0, 0.05) is 61.0 Å². The van der Waals surface area contributed by atoms with Crippen molar-refractivity contribution in [1.82, 2.24) is 18.4 Å². The SMILES string of the molecule is COc1cc2c(-c3cc4c(Cl)ccnc4n3S(=O)(=O)c3ccc(C)cc3)cn(CCN3CCOCC3)c2cc1OC. The number of fused-ring (bicyclic) bond motifs is 2. The largest absolute Gasteiger partial charge is 0.493 e. The van der Waals surface area contributed by atoms with Crippen molar-refractivity contribution in [2.75, 3.05) is 47.1 Å². The number of halogens is 1. The third-order valence-electron chi connectivity index (χ3n) is 7.59. The van der Waals surface area contributed by atoms with Crippen LogP contribution >= 0.6 is 11.6 Å². The van der Waals surface area contributed by atoms with Gasteiger partial charge in [0.2, 0.25) is 0 Å². The van der Waals surface area contributed by atoms with Crippen LogP contribution in [-0.2, 0) is 21.3 Å². The minimum absolute atomic E-state index is 0.166. The van der Waals surface area contributed by atoms with Crippen LogP contribution in [0.5, 0.6) is 11.5 Å². The second kappa shape index (κ2) is 11.0. The molecule has 41 heavy (non-hydrogen) atoms. The molecule has 11 heteroatoms. The van der Waals surface area contributed by atoms with Crippen LogP contribution in [0, 0.1) is 6.92 Å². The highest BCUT2D eigenvalue weighted by molar-refractivity contribution is 7.90. The summed E-state index contributed by atoms with van der Waals surface area (Å²) in [5.74, 6) is 1.14. The molecule has 5 aromatic rings. The van der Waals surface area contributed by atoms with Gasteiger partial charge in [-0.3, -0.25) is 4.90 Å². The van der Waals surface area contributed by atoms with Crippen molar-refractivity contribution in [2.24, 2.45) is 0 Å². The lowest BCUT2D eigenvalue weighted by Crippen LogP contribution is -2.38. The van der Waals surface area contributed by atoms with Crippen molar-refractivity contribution in [1.29, 1.82) is 0 Å². The number of aromatic nitrogens is 3. The lowest BCUT2D eigenvalue weighted by Gasteiger charge is -2.26. The van der Waals surface area contributed by atoms with Crippen LogP contribution in [0.1, 0.15) is 5.56 Å². The molecule has 2 aromatic carbocycles. The van der Waals surface area contributed by atoms with Crippen molar-refractivity contribution in [3.8, 4) is 22.8 Å². The van der Waals surface area contributed by atoms with Gasteiger partial charge >= 0.3 is 0 Å². The molecule has 0 spiro atoms. The Hall–Kier alpha value is -3.57. The fourth-order valence-corrected chi connectivity index (χ4v) is 7.04. The van der Waals surface area contributed by atoms with E-state index in [1.54, 1.807) is 50.6 Å². The number of hydrogen-bond donors (Lipinski definition) is 0. The van der Waals surface area contributed by atoms with Gasteiger partial charge in [0.1, 0.15) is 0 Å². The number of hydrogen-bond acceptors (Lipinski definition) is 7. The smallest absolute Gasteiger partial charge is 0.269 e. The summed E-state index contributed by atoms with van der Waals surface area (Å²) in [6.07, 6.45) is 3.52. The van der Waals surface area contributed by atoms with Gasteiger partial charge in [0.25, 0.3) is 10.0 Å². The van der Waals surface area contributed by atoms with Gasteiger partial charge in [-0.15, -0.1) is 0 Å². The van der Waals surface area contributed by atoms with Crippen LogP contribution in [0.3, 0.4) is 0 Å². The molecule has 1 aliphatic heterocycles. The topological polar surface area (TPSA) is 87.8 Å². The molecule has 0 saturated carbocycles. The highest BCUT2D eigenvalue weighted by atomic mass is 35.5. The van der Waals surface area contributed by atoms with E-state index in [1.807, 2.05) is 25.3 Å². The molecule has 0 atom stereocenters. The average Bonchev–Trinajstić information content (AvgIpc) is 3.55. The minimum Gasteiger partial charge on any atom is -0.493 e. The van der Waals surface area contributed by atoms with Gasteiger partial charge in [-0.2, -0.15) is 0 Å². The Bertz CT molecular complexity index is 1840. The molecule has 0 radical (unpaired) electrons. The van der Waals surface area contributed by atoms with Gasteiger partial charge in [0.15, 0.2) is 17.1 Å². The zero-order valence-electron chi connectivity index (χ0n) is 23.1. The first-order valence-electron chi connectivity index (χ1n) is 13.4. The Morgan fingerprint density at radius 3 is 2.37 bits per heavy atom. The number of methoxy groups -OCH3 is 2. The molecular weight excluding hydrogens is 564 g/mol. The van der Waals surface area contributed by atoms with Crippen LogP contribution in [0.2, 0.25) is 5.02 Å². The van der Waals surface area contributed by atoms with Gasteiger partial charge in [-0.05, 0) is 37.3 Å². The van der Waals surface area contributed by atoms with Crippen LogP contribution in [-0.4, -0.2) is 73.9 Å². The molecule has 0 bridgehead atoms. The molecule has 0 aliphatic carbocycles. The van der Waals surface area contributed by atoms with E-state index >= 15 is 0 Å². The molecule has 0 N–H and O–H groups in total. The fourth-order valence-electron chi connectivity index (χ4n) is 5.37. The first-order valence-corrected chi connectivity index (χ1v) is 15.2. The van der Waals surface area contributed by atoms with Gasteiger partial charge in [0.05, 0.1) is 48.6 Å². The van der Waals surface area contributed by atoms with Crippen LogP contribution < -0.4 is 9.47 Å². The highest BCUT2D eigenvalue weighted by Gasteiger charge is 2.28. The zero-order valence-corrected chi connectivity index (χ0v) is 24.7. The van der Waals surface area contributed by atoms with Gasteiger partial charge in [-0.25, -0.2) is 17.4 Å². The molecule has 3 aromatic heterocycles. The van der Waals surface area contributed by atoms with Crippen molar-refractivity contribution in [3.05, 3.63) is 71.5 Å². The summed E-state index contributed by atoms with van der Waals surface area (Å²) in [5.41, 5.74) is 3.31. The summed E-state index contributed by atoms with van der Waals surface area (Å²) >= 11 is 6.59. The van der Waals surface area contributed by atoms with E-state index in [0.717, 1.165) is 36.1 Å². The predicted molar refractivity (Wildman–Crippen MR) is 160 cm³/mol. The summed E-state index contributed by atoms with van der Waals surface area (Å²) in [7, 11) is -0.857. The molecule has 6 rings (SSSR count). The molecule has 9 nitrogen and oxygen atoms in total. The summed E-state index contributed by atoms with van der Waals surface area (Å²) in [4.78, 5) is 7.00. The Balaban J connectivity index is 1.59. The Kier molecular flexibility index (Phi) is 7.41. The van der Waals surface area contributed by atoms with E-state index < -0.39 is 10.0 Å². The van der Waals surface area contributed by atoms with Gasteiger partial charge < -0.3 is 18.8 Å². The monoisotopic (exact) mass is 594 g/mol. The third-order valence-corrected chi connectivity index (χ3v) is 9.64. The second-order valence-electron chi connectivity index (χ2n) is 10.1. The van der Waals surface area contributed by atoms with Crippen molar-refractivity contribution in [3.63, 3.8) is 0 Å². The molecule has 4 heterocycles. The maximum Gasteiger partial charge on any atom is 0.269 e. The second-order valence-corrected chi connectivity index (χ2v) is 12.3. The lowest BCUT2D eigenvalue weighted by atomic mass is 10.1. The molecule has 1 fully saturated rings. The summed E-state index contributed by atoms with van der Waals surface area (Å²) in [6, 6.07) is 14.1. The number of pyridine rings is 1. The van der Waals surface area contributed by atoms with Crippen molar-refractivity contribution < 1.29 is 22.6 Å². The minimum atomic E-state index is -4.04. The molecular formula is C30H31ClN4O5S. The predicted octanol–water partition coefficient (Wildman–Crippen LogP) is 5.21. The maximum absolute atomic E-state index is 14.2. The summed E-state index contributed by atoms with van der Waals surface area (Å²) in [5, 5.41) is 1.79. The highest BCUT2D eigenvalue weighted by Crippen LogP contribution is 2.42. The zero-order chi connectivity index (χ0) is 28.7. The molecule has 0 amide bonds. The first kappa shape index (κ1) is 27.6. The van der Waals surface area contributed by atoms with E-state index in [1.165, 1.54) is 10.2 Å². The van der Waals surface area contributed by atoms with Crippen LogP contribution in [0.25, 0.3) is 33.2 Å². The molecule has 214 valence electrons. The fraction of sp³-hybridized carbons (Fsp3) is 0.300. The molecule has 1 saturated heterocycles. The van der Waals surface area contributed by atoms with E-state index in [4.69, 9.17) is 25.8 Å². The Morgan fingerprint density at radius 2 is 1.66 bits per heavy atom. The van der Waals surface area contributed by atoms with Crippen molar-refractivity contribution in [2.45, 2.75) is 18.4 Å². The number of nitrogens with zero attached hydrogens (tertiary/aromatic N) is 4. The maximum atomic E-state index is 14.2. The Labute approximate surface area is 243 Å². The number of rotatable bonds is 8. The van der Waals surface area contributed by atoms with Crippen LogP contribution in [0.15, 0.2) is 65.8 Å². The standard InChI is InChI=1S/C30H31ClN4O5S/c1-20-4-6-21(7-5-20)41(36,37)35-27(16-23-25(31)8-9-32-30(23)35)24-19-34(11-10-33-12-14-40-15-13-33)26-18-29(39-3)28(38-2)17-22(24)26/h4-9,16-19H,10-15H2,1-3H3. The van der Waals surface area contributed by atoms with Crippen LogP contribution in [0.4, 0.5) is 0 Å². The molecule has 1 aliphatic rings. The van der Waals surface area contributed by atoms with E-state index in [2.05, 4.69) is 14.5 Å². The summed E-state index contributed by atoms with van der Waals surface area (Å²) < 4.78 is 48.7. The van der Waals surface area contributed by atoms with E-state index in [9.17, 15) is 8.42 Å². The number of morpholine rings is 1. The molecule has 0 unspecified atom stereocenters. The van der Waals surface area contributed by atoms with E-state index in [0.29, 0.717) is 52.9 Å². The quantitative estimate of drug-likeness (QED) is 0.244. The van der Waals surface area contributed by atoms with Crippen molar-refractivity contribution >= 4 is 43.6 Å². The number of benzene rings is 2. The summed E-state index contributed by atoms with van der Waals surface area (Å²) in [6.45, 7) is 6.60. The normalized spacial score (nSPS) is 14.6. The number of aryl methyl sites for hydroxylation is 1. The van der Waals surface area contributed by atoms with E-state index in [-0.39, 0.29) is 10.5 Å². The number of ether oxygens (including phenoxy) is 3. The lowest BCUT2D eigenvalue weighted by molar-refractivity contribution is 0.0365. The third kappa shape index (κ3) is 4.95.